The molecule has 0 aromatic heterocycles. The zero-order valence-electron chi connectivity index (χ0n) is 7.33. The molecule has 1 aromatic carbocycles. The molecule has 0 aliphatic heterocycles. The van der Waals surface area contributed by atoms with Gasteiger partial charge in [-0.2, -0.15) is 0 Å². The summed E-state index contributed by atoms with van der Waals surface area (Å²) in [4.78, 5) is 3.89. The first-order chi connectivity index (χ1) is 5.77. The Labute approximate surface area is 72.3 Å². The first-order valence-corrected chi connectivity index (χ1v) is 3.78. The van der Waals surface area contributed by atoms with Gasteiger partial charge in [0.1, 0.15) is 5.84 Å². The second-order valence-corrected chi connectivity index (χ2v) is 2.44. The fourth-order valence-corrected chi connectivity index (χ4v) is 0.937. The highest BCUT2D eigenvalue weighted by molar-refractivity contribution is 5.97. The van der Waals surface area contributed by atoms with E-state index in [0.717, 1.165) is 11.3 Å². The summed E-state index contributed by atoms with van der Waals surface area (Å²) in [6.07, 6.45) is 0. The molecule has 3 N–H and O–H groups in total. The van der Waals surface area contributed by atoms with Crippen molar-refractivity contribution in [1.82, 2.24) is 0 Å². The van der Waals surface area contributed by atoms with E-state index in [4.69, 9.17) is 5.73 Å². The van der Waals surface area contributed by atoms with Gasteiger partial charge in [-0.15, -0.1) is 0 Å². The average Bonchev–Trinajstić information content (AvgIpc) is 2.17. The normalized spacial score (nSPS) is 11.3. The van der Waals surface area contributed by atoms with Crippen LogP contribution in [0.4, 0.5) is 5.69 Å². The summed E-state index contributed by atoms with van der Waals surface area (Å²) in [6, 6.07) is 7.81. The van der Waals surface area contributed by atoms with Crippen LogP contribution < -0.4 is 11.1 Å². The van der Waals surface area contributed by atoms with Gasteiger partial charge in [0, 0.05) is 25.3 Å². The number of aliphatic imine (C=N–C) groups is 1. The molecular formula is C9H13N3. The van der Waals surface area contributed by atoms with Gasteiger partial charge in [-0.25, -0.2) is 0 Å². The Morgan fingerprint density at radius 1 is 1.33 bits per heavy atom. The highest BCUT2D eigenvalue weighted by atomic mass is 14.8. The van der Waals surface area contributed by atoms with Crippen molar-refractivity contribution >= 4 is 11.5 Å². The van der Waals surface area contributed by atoms with Crippen molar-refractivity contribution < 1.29 is 0 Å². The van der Waals surface area contributed by atoms with Crippen molar-refractivity contribution in [3.63, 3.8) is 0 Å². The van der Waals surface area contributed by atoms with E-state index in [0.29, 0.717) is 5.84 Å². The van der Waals surface area contributed by atoms with Crippen LogP contribution in [0.5, 0.6) is 0 Å². The highest BCUT2D eigenvalue weighted by Gasteiger charge is 1.95. The van der Waals surface area contributed by atoms with Gasteiger partial charge in [0.05, 0.1) is 0 Å². The number of nitrogens with one attached hydrogen (secondary N) is 1. The molecule has 0 saturated heterocycles. The predicted octanol–water partition coefficient (Wildman–Crippen LogP) is 1.06. The third-order valence-corrected chi connectivity index (χ3v) is 1.71. The predicted molar refractivity (Wildman–Crippen MR) is 52.6 cm³/mol. The third-order valence-electron chi connectivity index (χ3n) is 1.71. The number of rotatable bonds is 2. The standard InChI is InChI=1S/C9H13N3/c1-11-8-5-3-7(4-6-8)9(10)12-2/h3-6,11H,1-2H3,(H2,10,12). The van der Waals surface area contributed by atoms with E-state index >= 15 is 0 Å². The van der Waals surface area contributed by atoms with Crippen LogP contribution in [0.25, 0.3) is 0 Å². The molecule has 12 heavy (non-hydrogen) atoms. The Balaban J connectivity index is 2.92. The minimum Gasteiger partial charge on any atom is -0.388 e. The fraction of sp³-hybridized carbons (Fsp3) is 0.222. The van der Waals surface area contributed by atoms with E-state index in [1.807, 2.05) is 31.3 Å². The Kier molecular flexibility index (Phi) is 2.69. The second kappa shape index (κ2) is 3.76. The highest BCUT2D eigenvalue weighted by Crippen LogP contribution is 2.07. The molecule has 0 heterocycles. The maximum absolute atomic E-state index is 5.62. The van der Waals surface area contributed by atoms with Crippen LogP contribution in [0, 0.1) is 0 Å². The minimum absolute atomic E-state index is 0.567. The third kappa shape index (κ3) is 1.75. The first-order valence-electron chi connectivity index (χ1n) is 3.78. The van der Waals surface area contributed by atoms with Gasteiger partial charge in [0.25, 0.3) is 0 Å². The van der Waals surface area contributed by atoms with Gasteiger partial charge >= 0.3 is 0 Å². The summed E-state index contributed by atoms with van der Waals surface area (Å²) in [5, 5.41) is 3.03. The van der Waals surface area contributed by atoms with Crippen LogP contribution in [-0.4, -0.2) is 19.9 Å². The lowest BCUT2D eigenvalue weighted by atomic mass is 10.2. The summed E-state index contributed by atoms with van der Waals surface area (Å²) < 4.78 is 0. The van der Waals surface area contributed by atoms with E-state index in [1.165, 1.54) is 0 Å². The molecule has 1 rings (SSSR count). The summed E-state index contributed by atoms with van der Waals surface area (Å²) in [5.74, 6) is 0.567. The molecular weight excluding hydrogens is 150 g/mol. The van der Waals surface area contributed by atoms with Crippen LogP contribution in [0.3, 0.4) is 0 Å². The molecule has 0 atom stereocenters. The number of amidine groups is 1. The Hall–Kier alpha value is -1.51. The zero-order chi connectivity index (χ0) is 8.97. The molecule has 0 unspecified atom stereocenters. The van der Waals surface area contributed by atoms with E-state index in [1.54, 1.807) is 7.05 Å². The molecule has 0 aliphatic rings. The topological polar surface area (TPSA) is 50.4 Å². The quantitative estimate of drug-likeness (QED) is 0.506. The SMILES string of the molecule is CN=C(N)c1ccc(NC)cc1. The molecule has 0 aliphatic carbocycles. The molecule has 0 saturated carbocycles. The van der Waals surface area contributed by atoms with Crippen molar-refractivity contribution in [2.75, 3.05) is 19.4 Å². The van der Waals surface area contributed by atoms with Crippen LogP contribution >= 0.6 is 0 Å². The van der Waals surface area contributed by atoms with Crippen molar-refractivity contribution in [3.8, 4) is 0 Å². The maximum atomic E-state index is 5.62. The number of hydrogen-bond donors (Lipinski definition) is 2. The Morgan fingerprint density at radius 2 is 1.92 bits per heavy atom. The molecule has 0 fully saturated rings. The van der Waals surface area contributed by atoms with E-state index < -0.39 is 0 Å². The summed E-state index contributed by atoms with van der Waals surface area (Å²) >= 11 is 0. The largest absolute Gasteiger partial charge is 0.388 e. The van der Waals surface area contributed by atoms with Crippen molar-refractivity contribution in [2.45, 2.75) is 0 Å². The van der Waals surface area contributed by atoms with Gasteiger partial charge in [0.2, 0.25) is 0 Å². The molecule has 0 radical (unpaired) electrons. The second-order valence-electron chi connectivity index (χ2n) is 2.44. The molecule has 0 amide bonds. The summed E-state index contributed by atoms with van der Waals surface area (Å²) in [6.45, 7) is 0. The monoisotopic (exact) mass is 163 g/mol. The lowest BCUT2D eigenvalue weighted by molar-refractivity contribution is 1.39. The molecule has 0 spiro atoms. The van der Waals surface area contributed by atoms with Gasteiger partial charge < -0.3 is 11.1 Å². The van der Waals surface area contributed by atoms with Crippen LogP contribution in [0.1, 0.15) is 5.56 Å². The lowest BCUT2D eigenvalue weighted by Gasteiger charge is -2.01. The molecule has 3 heteroatoms. The van der Waals surface area contributed by atoms with Gasteiger partial charge in [0.15, 0.2) is 0 Å². The molecule has 1 aromatic rings. The number of nitrogens with zero attached hydrogens (tertiary/aromatic N) is 1. The zero-order valence-corrected chi connectivity index (χ0v) is 7.33. The summed E-state index contributed by atoms with van der Waals surface area (Å²) in [7, 11) is 3.56. The molecule has 3 nitrogen and oxygen atoms in total. The van der Waals surface area contributed by atoms with Gasteiger partial charge in [-0.3, -0.25) is 4.99 Å². The minimum atomic E-state index is 0.567. The summed E-state index contributed by atoms with van der Waals surface area (Å²) in [5.41, 5.74) is 7.64. The fourth-order valence-electron chi connectivity index (χ4n) is 0.937. The Bertz CT molecular complexity index is 274. The van der Waals surface area contributed by atoms with Gasteiger partial charge in [-0.1, -0.05) is 0 Å². The maximum Gasteiger partial charge on any atom is 0.125 e. The van der Waals surface area contributed by atoms with Crippen molar-refractivity contribution in [1.29, 1.82) is 0 Å². The van der Waals surface area contributed by atoms with E-state index in [-0.39, 0.29) is 0 Å². The average molecular weight is 163 g/mol. The molecule has 0 bridgehead atoms. The number of benzene rings is 1. The Morgan fingerprint density at radius 3 is 2.33 bits per heavy atom. The van der Waals surface area contributed by atoms with E-state index in [9.17, 15) is 0 Å². The smallest absolute Gasteiger partial charge is 0.125 e. The van der Waals surface area contributed by atoms with E-state index in [2.05, 4.69) is 10.3 Å². The number of nitrogens with two attached hydrogens (primary N) is 1. The molecule has 64 valence electrons. The lowest BCUT2D eigenvalue weighted by Crippen LogP contribution is -2.12. The van der Waals surface area contributed by atoms with Crippen molar-refractivity contribution in [2.24, 2.45) is 10.7 Å². The number of hydrogen-bond acceptors (Lipinski definition) is 2. The van der Waals surface area contributed by atoms with Crippen LogP contribution in [-0.2, 0) is 0 Å². The number of anilines is 1. The van der Waals surface area contributed by atoms with Crippen molar-refractivity contribution in [3.05, 3.63) is 29.8 Å². The first kappa shape index (κ1) is 8.59. The van der Waals surface area contributed by atoms with Crippen LogP contribution in [0.15, 0.2) is 29.3 Å². The van der Waals surface area contributed by atoms with Gasteiger partial charge in [-0.05, 0) is 24.3 Å². The van der Waals surface area contributed by atoms with Crippen LogP contribution in [0.2, 0.25) is 0 Å².